The second kappa shape index (κ2) is 10.4. The number of piperidine rings is 1. The number of hydrogen-bond donors (Lipinski definition) is 2. The number of rotatable bonds is 7. The van der Waals surface area contributed by atoms with Crippen LogP contribution in [0.5, 0.6) is 0 Å². The highest BCUT2D eigenvalue weighted by molar-refractivity contribution is 5.92. The number of likely N-dealkylation sites (tertiary alicyclic amines) is 1. The number of carbonyl (C=O) groups excluding carboxylic acids is 2. The van der Waals surface area contributed by atoms with Crippen molar-refractivity contribution in [1.29, 1.82) is 0 Å². The van der Waals surface area contributed by atoms with Crippen molar-refractivity contribution in [3.05, 3.63) is 64.2 Å². The van der Waals surface area contributed by atoms with Crippen LogP contribution in [0.15, 0.2) is 30.3 Å². The van der Waals surface area contributed by atoms with Gasteiger partial charge in [0, 0.05) is 41.4 Å². The number of anilines is 1. The Morgan fingerprint density at radius 1 is 1.09 bits per heavy atom. The van der Waals surface area contributed by atoms with Gasteiger partial charge in [-0.3, -0.25) is 14.5 Å². The SMILES string of the molecule is Cc1cc(C)nc(-n2nc(C)c(CC(=O)Nc3ccc(CN4CCCC(C(N)=O)C4)cc3)c2C)n1. The Hall–Kier alpha value is -3.59. The topological polar surface area (TPSA) is 119 Å². The fraction of sp³-hybridized carbons (Fsp3) is 0.423. The lowest BCUT2D eigenvalue weighted by Gasteiger charge is -2.31. The summed E-state index contributed by atoms with van der Waals surface area (Å²) < 4.78 is 1.70. The average Bonchev–Trinajstić information content (AvgIpc) is 3.08. The maximum absolute atomic E-state index is 12.8. The van der Waals surface area contributed by atoms with Crippen LogP contribution >= 0.6 is 0 Å². The number of aryl methyl sites for hydroxylation is 3. The van der Waals surface area contributed by atoms with Gasteiger partial charge in [-0.15, -0.1) is 0 Å². The van der Waals surface area contributed by atoms with E-state index in [1.54, 1.807) is 4.68 Å². The van der Waals surface area contributed by atoms with E-state index in [1.165, 1.54) is 0 Å². The Morgan fingerprint density at radius 3 is 2.43 bits per heavy atom. The molecular formula is C26H33N7O2. The van der Waals surface area contributed by atoms with Crippen molar-refractivity contribution >= 4 is 17.5 Å². The Morgan fingerprint density at radius 2 is 1.77 bits per heavy atom. The van der Waals surface area contributed by atoms with Crippen LogP contribution < -0.4 is 11.1 Å². The smallest absolute Gasteiger partial charge is 0.251 e. The van der Waals surface area contributed by atoms with Crippen LogP contribution in [-0.4, -0.2) is 49.6 Å². The number of hydrogen-bond acceptors (Lipinski definition) is 6. The standard InChI is InChI=1S/C26H33N7O2/c1-16-12-17(2)29-26(28-16)33-19(4)23(18(3)31-33)13-24(34)30-22-9-7-20(8-10-22)14-32-11-5-6-21(15-32)25(27)35/h7-10,12,21H,5-6,11,13-15H2,1-4H3,(H2,27,35)(H,30,34). The lowest BCUT2D eigenvalue weighted by Crippen LogP contribution is -2.40. The predicted molar refractivity (Wildman–Crippen MR) is 134 cm³/mol. The van der Waals surface area contributed by atoms with Gasteiger partial charge in [0.25, 0.3) is 5.95 Å². The second-order valence-corrected chi connectivity index (χ2v) is 9.41. The third-order valence-electron chi connectivity index (χ3n) is 6.49. The summed E-state index contributed by atoms with van der Waals surface area (Å²) in [6, 6.07) is 9.76. The number of carbonyl (C=O) groups is 2. The molecule has 1 unspecified atom stereocenters. The van der Waals surface area contributed by atoms with E-state index in [0.717, 1.165) is 65.5 Å². The minimum Gasteiger partial charge on any atom is -0.369 e. The predicted octanol–water partition coefficient (Wildman–Crippen LogP) is 2.77. The summed E-state index contributed by atoms with van der Waals surface area (Å²) in [6.45, 7) is 10.1. The van der Waals surface area contributed by atoms with Crippen molar-refractivity contribution in [3.8, 4) is 5.95 Å². The number of primary amides is 1. The fourth-order valence-corrected chi connectivity index (χ4v) is 4.68. The molecule has 1 aromatic carbocycles. The summed E-state index contributed by atoms with van der Waals surface area (Å²) in [5.74, 6) is 0.122. The van der Waals surface area contributed by atoms with Gasteiger partial charge in [0.15, 0.2) is 0 Å². The molecule has 184 valence electrons. The first kappa shape index (κ1) is 24.5. The van der Waals surface area contributed by atoms with E-state index < -0.39 is 0 Å². The molecule has 0 spiro atoms. The van der Waals surface area contributed by atoms with Crippen LogP contribution in [0.25, 0.3) is 5.95 Å². The van der Waals surface area contributed by atoms with Gasteiger partial charge in [0.2, 0.25) is 11.8 Å². The second-order valence-electron chi connectivity index (χ2n) is 9.41. The Labute approximate surface area is 205 Å². The van der Waals surface area contributed by atoms with Crippen LogP contribution in [0.3, 0.4) is 0 Å². The molecule has 9 heteroatoms. The van der Waals surface area contributed by atoms with Crippen molar-refractivity contribution in [2.45, 2.75) is 53.5 Å². The van der Waals surface area contributed by atoms with E-state index in [1.807, 2.05) is 58.0 Å². The van der Waals surface area contributed by atoms with E-state index in [4.69, 9.17) is 5.73 Å². The molecule has 9 nitrogen and oxygen atoms in total. The number of aromatic nitrogens is 4. The molecule has 4 rings (SSSR count). The molecule has 3 aromatic rings. The minimum atomic E-state index is -0.217. The number of amides is 2. The lowest BCUT2D eigenvalue weighted by atomic mass is 9.97. The zero-order valence-corrected chi connectivity index (χ0v) is 20.8. The largest absolute Gasteiger partial charge is 0.369 e. The average molecular weight is 476 g/mol. The highest BCUT2D eigenvalue weighted by atomic mass is 16.2. The monoisotopic (exact) mass is 475 g/mol. The minimum absolute atomic E-state index is 0.0694. The molecule has 2 amide bonds. The molecule has 1 aliphatic rings. The fourth-order valence-electron chi connectivity index (χ4n) is 4.68. The van der Waals surface area contributed by atoms with E-state index in [0.29, 0.717) is 12.5 Å². The van der Waals surface area contributed by atoms with Gasteiger partial charge in [0.05, 0.1) is 18.0 Å². The maximum Gasteiger partial charge on any atom is 0.251 e. The van der Waals surface area contributed by atoms with Crippen LogP contribution in [0, 0.1) is 33.6 Å². The normalized spacial score (nSPS) is 16.3. The van der Waals surface area contributed by atoms with Gasteiger partial charge in [-0.2, -0.15) is 5.10 Å². The molecule has 0 radical (unpaired) electrons. The quantitative estimate of drug-likeness (QED) is 0.542. The zero-order chi connectivity index (χ0) is 25.1. The summed E-state index contributed by atoms with van der Waals surface area (Å²) in [5, 5.41) is 7.57. The molecule has 1 saturated heterocycles. The van der Waals surface area contributed by atoms with Gasteiger partial charge >= 0.3 is 0 Å². The maximum atomic E-state index is 12.8. The number of nitrogens with one attached hydrogen (secondary N) is 1. The van der Waals surface area contributed by atoms with Gasteiger partial charge < -0.3 is 11.1 Å². The van der Waals surface area contributed by atoms with Gasteiger partial charge in [-0.05, 0) is 70.8 Å². The van der Waals surface area contributed by atoms with Crippen LogP contribution in [0.2, 0.25) is 0 Å². The molecule has 35 heavy (non-hydrogen) atoms. The molecule has 0 aliphatic carbocycles. The molecule has 1 fully saturated rings. The summed E-state index contributed by atoms with van der Waals surface area (Å²) in [7, 11) is 0. The Kier molecular flexibility index (Phi) is 7.25. The van der Waals surface area contributed by atoms with E-state index in [9.17, 15) is 9.59 Å². The summed E-state index contributed by atoms with van der Waals surface area (Å²) in [6.07, 6.45) is 2.06. The van der Waals surface area contributed by atoms with E-state index >= 15 is 0 Å². The summed E-state index contributed by atoms with van der Waals surface area (Å²) >= 11 is 0. The van der Waals surface area contributed by atoms with Crippen molar-refractivity contribution in [3.63, 3.8) is 0 Å². The highest BCUT2D eigenvalue weighted by Crippen LogP contribution is 2.20. The Balaban J connectivity index is 1.38. The molecule has 0 bridgehead atoms. The molecule has 1 aliphatic heterocycles. The Bertz CT molecular complexity index is 1210. The van der Waals surface area contributed by atoms with Gasteiger partial charge in [0.1, 0.15) is 0 Å². The zero-order valence-electron chi connectivity index (χ0n) is 20.8. The van der Waals surface area contributed by atoms with Crippen LogP contribution in [0.4, 0.5) is 5.69 Å². The first-order valence-electron chi connectivity index (χ1n) is 12.0. The molecule has 1 atom stereocenters. The summed E-state index contributed by atoms with van der Waals surface area (Å²) in [4.78, 5) is 35.6. The van der Waals surface area contributed by atoms with E-state index in [-0.39, 0.29) is 24.2 Å². The molecule has 3 heterocycles. The molecular weight excluding hydrogens is 442 g/mol. The first-order valence-corrected chi connectivity index (χ1v) is 12.0. The summed E-state index contributed by atoms with van der Waals surface area (Å²) in [5.41, 5.74) is 11.6. The van der Waals surface area contributed by atoms with Crippen molar-refractivity contribution < 1.29 is 9.59 Å². The third kappa shape index (κ3) is 5.92. The van der Waals surface area contributed by atoms with Gasteiger partial charge in [-0.1, -0.05) is 12.1 Å². The van der Waals surface area contributed by atoms with Crippen LogP contribution in [-0.2, 0) is 22.6 Å². The number of nitrogens with zero attached hydrogens (tertiary/aromatic N) is 5. The number of benzene rings is 1. The van der Waals surface area contributed by atoms with Crippen molar-refractivity contribution in [2.75, 3.05) is 18.4 Å². The molecule has 2 aromatic heterocycles. The third-order valence-corrected chi connectivity index (χ3v) is 6.49. The number of nitrogens with two attached hydrogens (primary N) is 1. The first-order chi connectivity index (χ1) is 16.7. The molecule has 3 N–H and O–H groups in total. The van der Waals surface area contributed by atoms with Gasteiger partial charge in [-0.25, -0.2) is 14.6 Å². The van der Waals surface area contributed by atoms with Crippen LogP contribution in [0.1, 0.15) is 46.7 Å². The van der Waals surface area contributed by atoms with Crippen molar-refractivity contribution in [1.82, 2.24) is 24.6 Å². The van der Waals surface area contributed by atoms with Crippen molar-refractivity contribution in [2.24, 2.45) is 11.7 Å². The van der Waals surface area contributed by atoms with E-state index in [2.05, 4.69) is 25.3 Å². The lowest BCUT2D eigenvalue weighted by molar-refractivity contribution is -0.123. The molecule has 0 saturated carbocycles. The highest BCUT2D eigenvalue weighted by Gasteiger charge is 2.24.